The van der Waals surface area contributed by atoms with Crippen LogP contribution in [0.2, 0.25) is 0 Å². The molecule has 1 amide bonds. The first-order chi connectivity index (χ1) is 11.4. The van der Waals surface area contributed by atoms with Crippen LogP contribution in [-0.2, 0) is 10.9 Å². The van der Waals surface area contributed by atoms with Crippen molar-refractivity contribution in [3.8, 4) is 0 Å². The van der Waals surface area contributed by atoms with Crippen LogP contribution in [0, 0.1) is 0 Å². The molecule has 1 aromatic rings. The van der Waals surface area contributed by atoms with Gasteiger partial charge in [-0.1, -0.05) is 18.9 Å². The standard InChI is InChI=1S/C16H18F3N3O2/c1-22(11-4-2-3-5-11)14-7-6-10(8-12(14)16(17,18)19)13-9-24-15(23)21-20-13/h6-8,11H,2-5,9H2,1H3,(H,21,23). The molecule has 1 fully saturated rings. The minimum Gasteiger partial charge on any atom is -0.442 e. The SMILES string of the molecule is CN(c1ccc(C2=NNC(=O)OC2)cc1C(F)(F)F)C1CCCC1. The summed E-state index contributed by atoms with van der Waals surface area (Å²) < 4.78 is 45.4. The molecule has 1 aliphatic carbocycles. The number of carbonyl (C=O) groups excluding carboxylic acids is 1. The number of rotatable bonds is 3. The molecule has 0 atom stereocenters. The topological polar surface area (TPSA) is 53.9 Å². The van der Waals surface area contributed by atoms with E-state index in [1.807, 2.05) is 0 Å². The first-order valence-corrected chi connectivity index (χ1v) is 7.80. The zero-order valence-corrected chi connectivity index (χ0v) is 13.2. The Morgan fingerprint density at radius 2 is 2.00 bits per heavy atom. The maximum Gasteiger partial charge on any atom is 0.428 e. The molecular formula is C16H18F3N3O2. The van der Waals surface area contributed by atoms with Gasteiger partial charge in [0.05, 0.1) is 5.56 Å². The Morgan fingerprint density at radius 3 is 2.58 bits per heavy atom. The molecule has 0 bridgehead atoms. The highest BCUT2D eigenvalue weighted by atomic mass is 19.4. The van der Waals surface area contributed by atoms with Gasteiger partial charge >= 0.3 is 12.3 Å². The maximum absolute atomic E-state index is 13.5. The summed E-state index contributed by atoms with van der Waals surface area (Å²) >= 11 is 0. The van der Waals surface area contributed by atoms with Gasteiger partial charge in [-0.3, -0.25) is 0 Å². The highest BCUT2D eigenvalue weighted by Gasteiger charge is 2.36. The minimum absolute atomic E-state index is 0.131. The zero-order chi connectivity index (χ0) is 17.3. The van der Waals surface area contributed by atoms with Crippen molar-refractivity contribution < 1.29 is 22.7 Å². The van der Waals surface area contributed by atoms with Gasteiger partial charge in [-0.05, 0) is 25.0 Å². The van der Waals surface area contributed by atoms with Gasteiger partial charge in [-0.2, -0.15) is 18.3 Å². The van der Waals surface area contributed by atoms with Crippen molar-refractivity contribution in [3.63, 3.8) is 0 Å². The van der Waals surface area contributed by atoms with E-state index in [-0.39, 0.29) is 29.6 Å². The van der Waals surface area contributed by atoms with Gasteiger partial charge in [-0.15, -0.1) is 0 Å². The number of amides is 1. The molecular weight excluding hydrogens is 323 g/mol. The molecule has 1 aliphatic heterocycles. The number of hydrogen-bond acceptors (Lipinski definition) is 4. The van der Waals surface area contributed by atoms with Crippen LogP contribution in [0.1, 0.15) is 36.8 Å². The lowest BCUT2D eigenvalue weighted by Crippen LogP contribution is -2.32. The van der Waals surface area contributed by atoms with Crippen LogP contribution in [-0.4, -0.2) is 31.5 Å². The lowest BCUT2D eigenvalue weighted by molar-refractivity contribution is -0.137. The Bertz CT molecular complexity index is 667. The zero-order valence-electron chi connectivity index (χ0n) is 13.2. The van der Waals surface area contributed by atoms with Crippen LogP contribution in [0.5, 0.6) is 0 Å². The summed E-state index contributed by atoms with van der Waals surface area (Å²) in [5, 5.41) is 3.77. The number of cyclic esters (lactones) is 1. The number of nitrogens with zero attached hydrogens (tertiary/aromatic N) is 2. The fraction of sp³-hybridized carbons (Fsp3) is 0.500. The Morgan fingerprint density at radius 1 is 1.29 bits per heavy atom. The molecule has 24 heavy (non-hydrogen) atoms. The molecule has 0 unspecified atom stereocenters. The van der Waals surface area contributed by atoms with Crippen molar-refractivity contribution in [1.29, 1.82) is 0 Å². The quantitative estimate of drug-likeness (QED) is 0.915. The van der Waals surface area contributed by atoms with E-state index in [0.29, 0.717) is 0 Å². The van der Waals surface area contributed by atoms with E-state index in [9.17, 15) is 18.0 Å². The molecule has 8 heteroatoms. The van der Waals surface area contributed by atoms with E-state index < -0.39 is 17.8 Å². The predicted octanol–water partition coefficient (Wildman–Crippen LogP) is 3.53. The van der Waals surface area contributed by atoms with Gasteiger partial charge in [0, 0.05) is 24.3 Å². The van der Waals surface area contributed by atoms with E-state index in [2.05, 4.69) is 10.5 Å². The third-order valence-electron chi connectivity index (χ3n) is 4.51. The van der Waals surface area contributed by atoms with Gasteiger partial charge in [0.2, 0.25) is 0 Å². The molecule has 2 aliphatic rings. The van der Waals surface area contributed by atoms with Crippen LogP contribution in [0.25, 0.3) is 0 Å². The fourth-order valence-electron chi connectivity index (χ4n) is 3.20. The largest absolute Gasteiger partial charge is 0.442 e. The normalized spacial score (nSPS) is 18.8. The highest BCUT2D eigenvalue weighted by Crippen LogP contribution is 2.39. The lowest BCUT2D eigenvalue weighted by Gasteiger charge is -2.29. The van der Waals surface area contributed by atoms with Crippen molar-refractivity contribution in [1.82, 2.24) is 5.43 Å². The number of alkyl halides is 3. The third kappa shape index (κ3) is 3.32. The summed E-state index contributed by atoms with van der Waals surface area (Å²) in [5.74, 6) is 0. The Labute approximate surface area is 137 Å². The number of ether oxygens (including phenoxy) is 1. The minimum atomic E-state index is -4.47. The van der Waals surface area contributed by atoms with Gasteiger partial charge < -0.3 is 9.64 Å². The van der Waals surface area contributed by atoms with Crippen LogP contribution in [0.4, 0.5) is 23.7 Å². The third-order valence-corrected chi connectivity index (χ3v) is 4.51. The average Bonchev–Trinajstić information content (AvgIpc) is 3.08. The van der Waals surface area contributed by atoms with E-state index in [1.165, 1.54) is 6.07 Å². The Balaban J connectivity index is 1.96. The number of anilines is 1. The summed E-state index contributed by atoms with van der Waals surface area (Å²) in [6.45, 7) is -0.152. The molecule has 130 valence electrons. The number of nitrogens with one attached hydrogen (secondary N) is 1. The predicted molar refractivity (Wildman–Crippen MR) is 83.1 cm³/mol. The number of halogens is 3. The first kappa shape index (κ1) is 16.6. The molecule has 3 rings (SSSR count). The molecule has 1 heterocycles. The van der Waals surface area contributed by atoms with Crippen molar-refractivity contribution in [2.75, 3.05) is 18.6 Å². The number of benzene rings is 1. The van der Waals surface area contributed by atoms with Crippen molar-refractivity contribution >= 4 is 17.5 Å². The number of carbonyl (C=O) groups is 1. The Kier molecular flexibility index (Phi) is 4.38. The van der Waals surface area contributed by atoms with Crippen molar-refractivity contribution in [2.24, 2.45) is 5.10 Å². The smallest absolute Gasteiger partial charge is 0.428 e. The van der Waals surface area contributed by atoms with E-state index in [4.69, 9.17) is 4.74 Å². The molecule has 1 saturated carbocycles. The second-order valence-corrected chi connectivity index (χ2v) is 6.03. The van der Waals surface area contributed by atoms with Crippen molar-refractivity contribution in [2.45, 2.75) is 37.9 Å². The van der Waals surface area contributed by atoms with Gasteiger partial charge in [0.1, 0.15) is 12.3 Å². The van der Waals surface area contributed by atoms with Gasteiger partial charge in [0.25, 0.3) is 0 Å². The first-order valence-electron chi connectivity index (χ1n) is 7.80. The molecule has 0 aromatic heterocycles. The van der Waals surface area contributed by atoms with E-state index >= 15 is 0 Å². The number of hydrogen-bond donors (Lipinski definition) is 1. The Hall–Kier alpha value is -2.25. The monoisotopic (exact) mass is 341 g/mol. The lowest BCUT2D eigenvalue weighted by atomic mass is 10.0. The van der Waals surface area contributed by atoms with Crippen LogP contribution in [0.15, 0.2) is 23.3 Å². The average molecular weight is 341 g/mol. The van der Waals surface area contributed by atoms with Crippen LogP contribution < -0.4 is 10.3 Å². The summed E-state index contributed by atoms with van der Waals surface area (Å²) in [4.78, 5) is 12.7. The van der Waals surface area contributed by atoms with Gasteiger partial charge in [-0.25, -0.2) is 10.2 Å². The molecule has 1 N–H and O–H groups in total. The summed E-state index contributed by atoms with van der Waals surface area (Å²) in [6, 6.07) is 4.25. The van der Waals surface area contributed by atoms with Crippen LogP contribution >= 0.6 is 0 Å². The van der Waals surface area contributed by atoms with Gasteiger partial charge in [0.15, 0.2) is 0 Å². The van der Waals surface area contributed by atoms with E-state index in [1.54, 1.807) is 18.0 Å². The second-order valence-electron chi connectivity index (χ2n) is 6.03. The number of hydrazone groups is 1. The molecule has 1 aromatic carbocycles. The summed E-state index contributed by atoms with van der Waals surface area (Å²) in [5.41, 5.74) is 2.11. The highest BCUT2D eigenvalue weighted by molar-refractivity contribution is 6.04. The molecule has 0 spiro atoms. The van der Waals surface area contributed by atoms with Crippen LogP contribution in [0.3, 0.4) is 0 Å². The summed E-state index contributed by atoms with van der Waals surface area (Å²) in [6.07, 6.45) is -1.29. The second kappa shape index (κ2) is 6.33. The molecule has 5 nitrogen and oxygen atoms in total. The van der Waals surface area contributed by atoms with E-state index in [0.717, 1.165) is 31.7 Å². The molecule has 0 radical (unpaired) electrons. The summed E-state index contributed by atoms with van der Waals surface area (Å²) in [7, 11) is 1.71. The maximum atomic E-state index is 13.5. The molecule has 0 saturated heterocycles. The van der Waals surface area contributed by atoms with Crippen molar-refractivity contribution in [3.05, 3.63) is 29.3 Å². The fourth-order valence-corrected chi connectivity index (χ4v) is 3.20.